The topological polar surface area (TPSA) is 62.1 Å². The summed E-state index contributed by atoms with van der Waals surface area (Å²) < 4.78 is 2.58. The van der Waals surface area contributed by atoms with Crippen molar-refractivity contribution >= 4 is 28.3 Å². The quantitative estimate of drug-likeness (QED) is 0.716. The average Bonchev–Trinajstić information content (AvgIpc) is 3.27. The molecule has 3 aromatic heterocycles. The summed E-state index contributed by atoms with van der Waals surface area (Å²) in [6.45, 7) is 3.44. The van der Waals surface area contributed by atoms with Crippen LogP contribution in [0.4, 0.5) is 0 Å². The van der Waals surface area contributed by atoms with E-state index in [4.69, 9.17) is 4.98 Å². The van der Waals surface area contributed by atoms with E-state index in [1.54, 1.807) is 0 Å². The van der Waals surface area contributed by atoms with Crippen LogP contribution in [0.25, 0.3) is 22.1 Å². The minimum atomic E-state index is 0.548. The smallest absolute Gasteiger partial charge is 0.139 e. The van der Waals surface area contributed by atoms with Crippen LogP contribution in [0.5, 0.6) is 0 Å². The van der Waals surface area contributed by atoms with E-state index in [1.165, 1.54) is 42.4 Å². The number of imidazole rings is 1. The number of pyridine rings is 1. The maximum atomic E-state index is 5.01. The molecule has 136 valence electrons. The van der Waals surface area contributed by atoms with Crippen molar-refractivity contribution in [1.82, 2.24) is 24.4 Å². The molecule has 26 heavy (non-hydrogen) atoms. The molecular weight excluding hydrogens is 324 g/mol. The highest BCUT2D eigenvalue weighted by molar-refractivity contribution is 6.01. The molecule has 6 heteroatoms. The van der Waals surface area contributed by atoms with Crippen LogP contribution in [0.15, 0.2) is 23.5 Å². The molecule has 2 fully saturated rings. The molecule has 0 aromatic carbocycles. The van der Waals surface area contributed by atoms with E-state index in [0.717, 1.165) is 37.2 Å². The average molecular weight is 350 g/mol. The normalized spacial score (nSPS) is 20.0. The van der Waals surface area contributed by atoms with Crippen molar-refractivity contribution in [3.63, 3.8) is 0 Å². The number of aromatic nitrogens is 4. The summed E-state index contributed by atoms with van der Waals surface area (Å²) in [6.07, 6.45) is 12.0. The first-order chi connectivity index (χ1) is 12.8. The van der Waals surface area contributed by atoms with Gasteiger partial charge in [0.25, 0.3) is 0 Å². The van der Waals surface area contributed by atoms with Gasteiger partial charge in [0.2, 0.25) is 0 Å². The number of fused-ring (bicyclic) bond motifs is 3. The van der Waals surface area contributed by atoms with E-state index in [1.807, 2.05) is 25.7 Å². The number of nitrogens with zero attached hydrogens (tertiary/aromatic N) is 5. The number of piperidine rings is 1. The van der Waals surface area contributed by atoms with Crippen LogP contribution >= 0.6 is 0 Å². The van der Waals surface area contributed by atoms with Gasteiger partial charge in [0.05, 0.1) is 11.7 Å². The molecule has 0 spiro atoms. The number of H-pyrrole nitrogens is 1. The molecule has 0 radical (unpaired) electrons. The summed E-state index contributed by atoms with van der Waals surface area (Å²) in [7, 11) is 1.85. The van der Waals surface area contributed by atoms with Gasteiger partial charge in [0.15, 0.2) is 0 Å². The third kappa shape index (κ3) is 2.72. The Hall–Kier alpha value is -2.21. The molecule has 1 aliphatic heterocycles. The van der Waals surface area contributed by atoms with Crippen molar-refractivity contribution in [3.8, 4) is 0 Å². The minimum absolute atomic E-state index is 0.548. The van der Waals surface area contributed by atoms with Crippen LogP contribution in [0.1, 0.15) is 49.9 Å². The Morgan fingerprint density at radius 2 is 2.12 bits per heavy atom. The maximum absolute atomic E-state index is 5.01. The molecule has 0 bridgehead atoms. The molecule has 1 aliphatic carbocycles. The van der Waals surface area contributed by atoms with E-state index >= 15 is 0 Å². The van der Waals surface area contributed by atoms with Gasteiger partial charge < -0.3 is 19.4 Å². The van der Waals surface area contributed by atoms with Crippen LogP contribution < -0.4 is 0 Å². The number of likely N-dealkylation sites (tertiary alicyclic amines) is 1. The molecule has 5 rings (SSSR count). The summed E-state index contributed by atoms with van der Waals surface area (Å²) in [5.74, 6) is 1.95. The van der Waals surface area contributed by atoms with Crippen LogP contribution in [0, 0.1) is 0 Å². The van der Waals surface area contributed by atoms with Crippen LogP contribution in [-0.2, 0) is 0 Å². The molecule has 1 saturated carbocycles. The number of aromatic amines is 1. The van der Waals surface area contributed by atoms with Crippen molar-refractivity contribution in [2.45, 2.75) is 44.1 Å². The Labute approximate surface area is 153 Å². The summed E-state index contributed by atoms with van der Waals surface area (Å²) in [5.41, 5.74) is 3.31. The van der Waals surface area contributed by atoms with E-state index < -0.39 is 0 Å². The standard InChI is InChI=1S/C20H26N6/c1-21-8-2-10-25-11-6-15(7-12-25)26-18-16-5-9-22-19(16)23-13-17(18)24-20(26)14-3-4-14/h5,8-9,13-15H,2-4,6-7,10-12H2,1H3,(H,22,23). The molecule has 0 unspecified atom stereocenters. The molecule has 0 atom stereocenters. The number of hydrogen-bond acceptors (Lipinski definition) is 4. The van der Waals surface area contributed by atoms with Crippen LogP contribution in [0.3, 0.4) is 0 Å². The second kappa shape index (κ2) is 6.50. The van der Waals surface area contributed by atoms with Crippen LogP contribution in [-0.4, -0.2) is 57.3 Å². The molecule has 2 aliphatic rings. The predicted molar refractivity (Wildman–Crippen MR) is 105 cm³/mol. The number of nitrogens with one attached hydrogen (secondary N) is 1. The van der Waals surface area contributed by atoms with Gasteiger partial charge in [-0.15, -0.1) is 0 Å². The van der Waals surface area contributed by atoms with Crippen molar-refractivity contribution in [2.24, 2.45) is 4.99 Å². The molecule has 1 saturated heterocycles. The number of hydrogen-bond donors (Lipinski definition) is 1. The van der Waals surface area contributed by atoms with Gasteiger partial charge in [-0.1, -0.05) is 0 Å². The first-order valence-electron chi connectivity index (χ1n) is 9.82. The van der Waals surface area contributed by atoms with Gasteiger partial charge in [-0.2, -0.15) is 0 Å². The highest BCUT2D eigenvalue weighted by Gasteiger charge is 2.33. The second-order valence-electron chi connectivity index (χ2n) is 7.65. The van der Waals surface area contributed by atoms with Crippen molar-refractivity contribution in [3.05, 3.63) is 24.3 Å². The van der Waals surface area contributed by atoms with E-state index in [9.17, 15) is 0 Å². The number of aliphatic imine (C=N–C) groups is 1. The van der Waals surface area contributed by atoms with Crippen molar-refractivity contribution < 1.29 is 0 Å². The van der Waals surface area contributed by atoms with Gasteiger partial charge >= 0.3 is 0 Å². The lowest BCUT2D eigenvalue weighted by Crippen LogP contribution is -2.35. The van der Waals surface area contributed by atoms with Gasteiger partial charge in [0, 0.05) is 50.2 Å². The van der Waals surface area contributed by atoms with E-state index in [0.29, 0.717) is 12.0 Å². The Balaban J connectivity index is 1.48. The fraction of sp³-hybridized carbons (Fsp3) is 0.550. The Morgan fingerprint density at radius 1 is 1.27 bits per heavy atom. The second-order valence-corrected chi connectivity index (χ2v) is 7.65. The lowest BCUT2D eigenvalue weighted by molar-refractivity contribution is 0.191. The summed E-state index contributed by atoms with van der Waals surface area (Å²) in [6, 6.07) is 2.70. The Bertz CT molecular complexity index is 940. The van der Waals surface area contributed by atoms with Gasteiger partial charge in [-0.05, 0) is 44.4 Å². The fourth-order valence-corrected chi connectivity index (χ4v) is 4.38. The zero-order valence-electron chi connectivity index (χ0n) is 15.4. The lowest BCUT2D eigenvalue weighted by atomic mass is 10.0. The first-order valence-corrected chi connectivity index (χ1v) is 9.82. The zero-order valence-corrected chi connectivity index (χ0v) is 15.4. The largest absolute Gasteiger partial charge is 0.346 e. The van der Waals surface area contributed by atoms with Gasteiger partial charge in [0.1, 0.15) is 17.0 Å². The fourth-order valence-electron chi connectivity index (χ4n) is 4.38. The molecule has 0 amide bonds. The first kappa shape index (κ1) is 16.0. The zero-order chi connectivity index (χ0) is 17.5. The Morgan fingerprint density at radius 3 is 2.88 bits per heavy atom. The van der Waals surface area contributed by atoms with Crippen molar-refractivity contribution in [1.29, 1.82) is 0 Å². The molecule has 6 nitrogen and oxygen atoms in total. The molecule has 4 heterocycles. The van der Waals surface area contributed by atoms with Gasteiger partial charge in [-0.25, -0.2) is 9.97 Å². The predicted octanol–water partition coefficient (Wildman–Crippen LogP) is 3.52. The molecule has 3 aromatic rings. The third-order valence-electron chi connectivity index (χ3n) is 5.88. The summed E-state index contributed by atoms with van der Waals surface area (Å²) in [4.78, 5) is 19.5. The van der Waals surface area contributed by atoms with Crippen LogP contribution in [0.2, 0.25) is 0 Å². The molecular formula is C20H26N6. The highest BCUT2D eigenvalue weighted by Crippen LogP contribution is 2.43. The van der Waals surface area contributed by atoms with E-state index in [2.05, 4.69) is 30.5 Å². The van der Waals surface area contributed by atoms with Crippen molar-refractivity contribution in [2.75, 3.05) is 26.7 Å². The maximum Gasteiger partial charge on any atom is 0.139 e. The number of rotatable bonds is 5. The highest BCUT2D eigenvalue weighted by atomic mass is 15.2. The summed E-state index contributed by atoms with van der Waals surface area (Å²) >= 11 is 0. The summed E-state index contributed by atoms with van der Waals surface area (Å²) in [5, 5.41) is 1.21. The molecule has 1 N–H and O–H groups in total. The monoisotopic (exact) mass is 350 g/mol. The minimum Gasteiger partial charge on any atom is -0.346 e. The lowest BCUT2D eigenvalue weighted by Gasteiger charge is -2.33. The Kier molecular flexibility index (Phi) is 4.00. The SMILES string of the molecule is CN=CCCN1CCC(n2c(C3CC3)nc3cnc4[nH]ccc4c32)CC1. The van der Waals surface area contributed by atoms with E-state index in [-0.39, 0.29) is 0 Å². The third-order valence-corrected chi connectivity index (χ3v) is 5.88. The van der Waals surface area contributed by atoms with Gasteiger partial charge in [-0.3, -0.25) is 0 Å².